The Morgan fingerprint density at radius 3 is 2.31 bits per heavy atom. The summed E-state index contributed by atoms with van der Waals surface area (Å²) in [6, 6.07) is 3.15. The van der Waals surface area contributed by atoms with Crippen molar-refractivity contribution >= 4 is 11.7 Å². The third kappa shape index (κ3) is 2.31. The van der Waals surface area contributed by atoms with Crippen molar-refractivity contribution < 1.29 is 9.90 Å². The summed E-state index contributed by atoms with van der Waals surface area (Å²) in [4.78, 5) is 11.1. The van der Waals surface area contributed by atoms with Crippen molar-refractivity contribution in [2.45, 2.75) is 12.8 Å². The maximum absolute atomic E-state index is 11.1. The van der Waals surface area contributed by atoms with Gasteiger partial charge < -0.3 is 10.8 Å². The van der Waals surface area contributed by atoms with E-state index >= 15 is 0 Å². The topological polar surface area (TPSA) is 63.3 Å². The second kappa shape index (κ2) is 5.16. The molecule has 0 aromatic heterocycles. The average Bonchev–Trinajstić information content (AvgIpc) is 2.23. The molecule has 3 N–H and O–H groups in total. The second-order valence-corrected chi connectivity index (χ2v) is 3.45. The highest BCUT2D eigenvalue weighted by atomic mass is 16.4. The number of aromatic carboxylic acids is 1. The van der Waals surface area contributed by atoms with E-state index in [2.05, 4.69) is 13.2 Å². The van der Waals surface area contributed by atoms with Gasteiger partial charge in [0.15, 0.2) is 0 Å². The molecule has 3 nitrogen and oxygen atoms in total. The lowest BCUT2D eigenvalue weighted by atomic mass is 9.94. The van der Waals surface area contributed by atoms with Gasteiger partial charge in [-0.1, -0.05) is 12.2 Å². The predicted molar refractivity (Wildman–Crippen MR) is 65.6 cm³/mol. The van der Waals surface area contributed by atoms with E-state index in [9.17, 15) is 4.79 Å². The molecule has 1 aromatic rings. The van der Waals surface area contributed by atoms with Crippen molar-refractivity contribution in [1.29, 1.82) is 0 Å². The number of anilines is 1. The quantitative estimate of drug-likeness (QED) is 0.588. The van der Waals surface area contributed by atoms with Crippen LogP contribution in [-0.2, 0) is 12.8 Å². The number of carboxylic acids is 1. The number of nitrogen functional groups attached to an aromatic ring is 1. The molecule has 16 heavy (non-hydrogen) atoms. The first-order chi connectivity index (χ1) is 7.61. The molecule has 0 spiro atoms. The monoisotopic (exact) mass is 217 g/mol. The van der Waals surface area contributed by atoms with E-state index in [-0.39, 0.29) is 5.56 Å². The molecule has 0 aliphatic heterocycles. The van der Waals surface area contributed by atoms with E-state index in [4.69, 9.17) is 10.8 Å². The van der Waals surface area contributed by atoms with Crippen molar-refractivity contribution in [3.8, 4) is 0 Å². The van der Waals surface area contributed by atoms with Crippen LogP contribution >= 0.6 is 0 Å². The fourth-order valence-corrected chi connectivity index (χ4v) is 1.67. The number of benzene rings is 1. The van der Waals surface area contributed by atoms with E-state index < -0.39 is 5.97 Å². The van der Waals surface area contributed by atoms with Crippen LogP contribution < -0.4 is 5.73 Å². The SMILES string of the molecule is C=CCc1c(N)ccc(C(=O)O)c1CC=C. The van der Waals surface area contributed by atoms with Crippen molar-refractivity contribution in [2.75, 3.05) is 5.73 Å². The number of carbonyl (C=O) groups is 1. The van der Waals surface area contributed by atoms with Gasteiger partial charge in [-0.15, -0.1) is 13.2 Å². The Morgan fingerprint density at radius 1 is 1.25 bits per heavy atom. The molecule has 3 heteroatoms. The Balaban J connectivity index is 3.41. The van der Waals surface area contributed by atoms with Crippen LogP contribution in [0.1, 0.15) is 21.5 Å². The minimum atomic E-state index is -0.942. The summed E-state index contributed by atoms with van der Waals surface area (Å²) < 4.78 is 0. The largest absolute Gasteiger partial charge is 0.478 e. The Bertz CT molecular complexity index is 436. The van der Waals surface area contributed by atoms with Crippen molar-refractivity contribution in [3.05, 3.63) is 54.1 Å². The highest BCUT2D eigenvalue weighted by Crippen LogP contribution is 2.23. The Labute approximate surface area is 94.9 Å². The maximum atomic E-state index is 11.1. The first kappa shape index (κ1) is 12.0. The van der Waals surface area contributed by atoms with Crippen LogP contribution in [0.2, 0.25) is 0 Å². The van der Waals surface area contributed by atoms with E-state index in [0.29, 0.717) is 18.5 Å². The molecule has 84 valence electrons. The van der Waals surface area contributed by atoms with E-state index in [1.807, 2.05) is 0 Å². The molecule has 0 saturated carbocycles. The minimum Gasteiger partial charge on any atom is -0.478 e. The van der Waals surface area contributed by atoms with Gasteiger partial charge in [0, 0.05) is 5.69 Å². The zero-order valence-electron chi connectivity index (χ0n) is 9.07. The predicted octanol–water partition coefficient (Wildman–Crippen LogP) is 2.42. The molecule has 1 aromatic carbocycles. The molecule has 0 aliphatic rings. The highest BCUT2D eigenvalue weighted by molar-refractivity contribution is 5.90. The average molecular weight is 217 g/mol. The number of rotatable bonds is 5. The Kier molecular flexibility index (Phi) is 3.89. The van der Waals surface area contributed by atoms with Crippen LogP contribution in [0.5, 0.6) is 0 Å². The molecule has 1 rings (SSSR count). The lowest BCUT2D eigenvalue weighted by Gasteiger charge is -2.12. The highest BCUT2D eigenvalue weighted by Gasteiger charge is 2.14. The van der Waals surface area contributed by atoms with Crippen LogP contribution in [-0.4, -0.2) is 11.1 Å². The summed E-state index contributed by atoms with van der Waals surface area (Å²) in [5, 5.41) is 9.07. The van der Waals surface area contributed by atoms with Crippen LogP contribution in [0, 0.1) is 0 Å². The van der Waals surface area contributed by atoms with Gasteiger partial charge in [-0.25, -0.2) is 4.79 Å². The second-order valence-electron chi connectivity index (χ2n) is 3.45. The number of hydrogen-bond acceptors (Lipinski definition) is 2. The third-order valence-electron chi connectivity index (χ3n) is 2.39. The van der Waals surface area contributed by atoms with Crippen LogP contribution in [0.15, 0.2) is 37.4 Å². The lowest BCUT2D eigenvalue weighted by Crippen LogP contribution is -2.08. The molecule has 0 radical (unpaired) electrons. The van der Waals surface area contributed by atoms with Gasteiger partial charge in [0.1, 0.15) is 0 Å². The first-order valence-corrected chi connectivity index (χ1v) is 4.97. The van der Waals surface area contributed by atoms with Crippen LogP contribution in [0.3, 0.4) is 0 Å². The molecule has 0 amide bonds. The standard InChI is InChI=1S/C13H15NO2/c1-3-5-9-10(6-4-2)12(14)8-7-11(9)13(15)16/h3-4,7-8H,1-2,5-6,14H2,(H,15,16). The van der Waals surface area contributed by atoms with Gasteiger partial charge in [0.25, 0.3) is 0 Å². The van der Waals surface area contributed by atoms with Gasteiger partial charge in [-0.05, 0) is 36.1 Å². The summed E-state index contributed by atoms with van der Waals surface area (Å²) in [7, 11) is 0. The molecule has 0 saturated heterocycles. The molecular weight excluding hydrogens is 202 g/mol. The van der Waals surface area contributed by atoms with Crippen LogP contribution in [0.25, 0.3) is 0 Å². The van der Waals surface area contributed by atoms with Gasteiger partial charge in [-0.3, -0.25) is 0 Å². The third-order valence-corrected chi connectivity index (χ3v) is 2.39. The number of hydrogen-bond donors (Lipinski definition) is 2. The van der Waals surface area contributed by atoms with Crippen molar-refractivity contribution in [3.63, 3.8) is 0 Å². The van der Waals surface area contributed by atoms with Gasteiger partial charge in [0.05, 0.1) is 5.56 Å². The van der Waals surface area contributed by atoms with Gasteiger partial charge in [-0.2, -0.15) is 0 Å². The summed E-state index contributed by atoms with van der Waals surface area (Å²) >= 11 is 0. The Hall–Kier alpha value is -2.03. The fraction of sp³-hybridized carbons (Fsp3) is 0.154. The molecular formula is C13H15NO2. The van der Waals surface area contributed by atoms with E-state index in [1.165, 1.54) is 6.07 Å². The summed E-state index contributed by atoms with van der Waals surface area (Å²) in [6.45, 7) is 7.27. The van der Waals surface area contributed by atoms with Crippen molar-refractivity contribution in [1.82, 2.24) is 0 Å². The lowest BCUT2D eigenvalue weighted by molar-refractivity contribution is 0.0696. The van der Waals surface area contributed by atoms with Gasteiger partial charge in [0.2, 0.25) is 0 Å². The maximum Gasteiger partial charge on any atom is 0.335 e. The molecule has 0 unspecified atom stereocenters. The molecule has 0 heterocycles. The Morgan fingerprint density at radius 2 is 1.81 bits per heavy atom. The van der Waals surface area contributed by atoms with Gasteiger partial charge >= 0.3 is 5.97 Å². The molecule has 0 atom stereocenters. The first-order valence-electron chi connectivity index (χ1n) is 4.97. The molecule has 0 bridgehead atoms. The molecule has 0 fully saturated rings. The molecule has 0 aliphatic carbocycles. The summed E-state index contributed by atoms with van der Waals surface area (Å²) in [6.07, 6.45) is 4.45. The number of allylic oxidation sites excluding steroid dienone is 2. The summed E-state index contributed by atoms with van der Waals surface area (Å²) in [5.41, 5.74) is 8.27. The van der Waals surface area contributed by atoms with Crippen molar-refractivity contribution in [2.24, 2.45) is 0 Å². The summed E-state index contributed by atoms with van der Waals surface area (Å²) in [5.74, 6) is -0.942. The fourth-order valence-electron chi connectivity index (χ4n) is 1.67. The normalized spacial score (nSPS) is 9.75. The van der Waals surface area contributed by atoms with E-state index in [0.717, 1.165) is 11.1 Å². The number of nitrogens with two attached hydrogens (primary N) is 1. The zero-order chi connectivity index (χ0) is 12.1. The van der Waals surface area contributed by atoms with Crippen LogP contribution in [0.4, 0.5) is 5.69 Å². The number of carboxylic acid groups (broad SMARTS) is 1. The smallest absolute Gasteiger partial charge is 0.335 e. The zero-order valence-corrected chi connectivity index (χ0v) is 9.07. The minimum absolute atomic E-state index is 0.283. The van der Waals surface area contributed by atoms with E-state index in [1.54, 1.807) is 18.2 Å².